The van der Waals surface area contributed by atoms with Gasteiger partial charge in [0.05, 0.1) is 0 Å². The SMILES string of the molecule is O=C(CCc1nnc(-c2ccsc2)o1)NC[C@H](CO)CC1CCCCC1. The summed E-state index contributed by atoms with van der Waals surface area (Å²) in [5, 5.41) is 24.4. The molecule has 0 radical (unpaired) electrons. The van der Waals surface area contributed by atoms with Crippen molar-refractivity contribution < 1.29 is 14.3 Å². The molecular formula is C19H27N3O3S. The number of amides is 1. The summed E-state index contributed by atoms with van der Waals surface area (Å²) in [4.78, 5) is 12.1. The Kier molecular flexibility index (Phi) is 7.20. The third kappa shape index (κ3) is 5.64. The van der Waals surface area contributed by atoms with Gasteiger partial charge in [-0.1, -0.05) is 32.1 Å². The number of thiophene rings is 1. The van der Waals surface area contributed by atoms with Crippen LogP contribution < -0.4 is 5.32 Å². The van der Waals surface area contributed by atoms with Crippen LogP contribution >= 0.6 is 11.3 Å². The monoisotopic (exact) mass is 377 g/mol. The lowest BCUT2D eigenvalue weighted by Crippen LogP contribution is -2.32. The predicted molar refractivity (Wildman–Crippen MR) is 101 cm³/mol. The van der Waals surface area contributed by atoms with Crippen LogP contribution in [0.25, 0.3) is 11.5 Å². The van der Waals surface area contributed by atoms with Gasteiger partial charge in [-0.3, -0.25) is 4.79 Å². The van der Waals surface area contributed by atoms with Crippen LogP contribution in [0.4, 0.5) is 0 Å². The summed E-state index contributed by atoms with van der Waals surface area (Å²) in [6.07, 6.45) is 8.19. The van der Waals surface area contributed by atoms with Crippen molar-refractivity contribution in [2.45, 2.75) is 51.4 Å². The Balaban J connectivity index is 1.38. The molecule has 7 heteroatoms. The van der Waals surface area contributed by atoms with E-state index in [0.29, 0.717) is 37.1 Å². The molecule has 2 aromatic rings. The molecule has 1 aliphatic rings. The van der Waals surface area contributed by atoms with Gasteiger partial charge >= 0.3 is 0 Å². The summed E-state index contributed by atoms with van der Waals surface area (Å²) >= 11 is 1.57. The zero-order chi connectivity index (χ0) is 18.2. The minimum absolute atomic E-state index is 0.0395. The fourth-order valence-corrected chi connectivity index (χ4v) is 4.17. The number of nitrogens with zero attached hydrogens (tertiary/aromatic N) is 2. The van der Waals surface area contributed by atoms with Gasteiger partial charge in [0, 0.05) is 36.9 Å². The summed E-state index contributed by atoms with van der Waals surface area (Å²) in [7, 11) is 0. The van der Waals surface area contributed by atoms with Gasteiger partial charge in [0.1, 0.15) is 0 Å². The molecule has 3 rings (SSSR count). The Labute approximate surface area is 158 Å². The lowest BCUT2D eigenvalue weighted by molar-refractivity contribution is -0.121. The van der Waals surface area contributed by atoms with Crippen molar-refractivity contribution in [2.75, 3.05) is 13.2 Å². The van der Waals surface area contributed by atoms with Crippen molar-refractivity contribution in [1.82, 2.24) is 15.5 Å². The molecule has 0 bridgehead atoms. The lowest BCUT2D eigenvalue weighted by Gasteiger charge is -2.25. The number of carbonyl (C=O) groups excluding carboxylic acids is 1. The summed E-state index contributed by atoms with van der Waals surface area (Å²) in [6, 6.07) is 1.93. The van der Waals surface area contributed by atoms with Gasteiger partial charge in [0.2, 0.25) is 17.7 Å². The van der Waals surface area contributed by atoms with Gasteiger partial charge in [-0.05, 0) is 29.7 Å². The molecule has 1 fully saturated rings. The highest BCUT2D eigenvalue weighted by Gasteiger charge is 2.19. The van der Waals surface area contributed by atoms with Crippen LogP contribution in [0.3, 0.4) is 0 Å². The highest BCUT2D eigenvalue weighted by molar-refractivity contribution is 7.08. The van der Waals surface area contributed by atoms with Crippen molar-refractivity contribution in [3.05, 3.63) is 22.7 Å². The zero-order valence-corrected chi connectivity index (χ0v) is 15.8. The smallest absolute Gasteiger partial charge is 0.248 e. The lowest BCUT2D eigenvalue weighted by atomic mass is 9.83. The van der Waals surface area contributed by atoms with Crippen LogP contribution in [0.1, 0.15) is 50.8 Å². The van der Waals surface area contributed by atoms with Gasteiger partial charge in [-0.2, -0.15) is 11.3 Å². The maximum absolute atomic E-state index is 12.1. The summed E-state index contributed by atoms with van der Waals surface area (Å²) in [5.74, 6) is 1.78. The van der Waals surface area contributed by atoms with E-state index in [1.807, 2.05) is 16.8 Å². The fraction of sp³-hybridized carbons (Fsp3) is 0.632. The molecule has 142 valence electrons. The molecule has 0 aromatic carbocycles. The standard InChI is InChI=1S/C19H27N3O3S/c23-12-15(10-14-4-2-1-3-5-14)11-20-17(24)6-7-18-21-22-19(25-18)16-8-9-26-13-16/h8-9,13-15,23H,1-7,10-12H2,(H,20,24)/t15-/m1/s1. The van der Waals surface area contributed by atoms with Gasteiger partial charge in [0.25, 0.3) is 0 Å². The third-order valence-corrected chi connectivity index (χ3v) is 5.72. The van der Waals surface area contributed by atoms with Gasteiger partial charge in [0.15, 0.2) is 0 Å². The van der Waals surface area contributed by atoms with Gasteiger partial charge in [-0.15, -0.1) is 10.2 Å². The first-order valence-corrected chi connectivity index (χ1v) is 10.4. The second-order valence-corrected chi connectivity index (χ2v) is 7.89. The summed E-state index contributed by atoms with van der Waals surface area (Å²) in [6.45, 7) is 0.667. The van der Waals surface area contributed by atoms with Crippen LogP contribution in [0.2, 0.25) is 0 Å². The number of aliphatic hydroxyl groups is 1. The van der Waals surface area contributed by atoms with Crippen LogP contribution in [-0.4, -0.2) is 34.4 Å². The number of carbonyl (C=O) groups is 1. The Morgan fingerprint density at radius 1 is 1.35 bits per heavy atom. The molecule has 1 aliphatic carbocycles. The molecule has 1 amide bonds. The Bertz CT molecular complexity index is 665. The molecule has 26 heavy (non-hydrogen) atoms. The number of hydrogen-bond donors (Lipinski definition) is 2. The number of nitrogens with one attached hydrogen (secondary N) is 1. The first-order chi connectivity index (χ1) is 12.7. The first kappa shape index (κ1) is 19.0. The zero-order valence-electron chi connectivity index (χ0n) is 15.0. The molecule has 0 unspecified atom stereocenters. The Morgan fingerprint density at radius 2 is 2.19 bits per heavy atom. The van der Waals surface area contributed by atoms with E-state index in [1.54, 1.807) is 11.3 Å². The van der Waals surface area contributed by atoms with Crippen LogP contribution in [0.5, 0.6) is 0 Å². The van der Waals surface area contributed by atoms with E-state index in [2.05, 4.69) is 15.5 Å². The van der Waals surface area contributed by atoms with E-state index in [1.165, 1.54) is 32.1 Å². The van der Waals surface area contributed by atoms with Crippen molar-refractivity contribution in [2.24, 2.45) is 11.8 Å². The molecule has 1 atom stereocenters. The molecule has 0 aliphatic heterocycles. The van der Waals surface area contributed by atoms with Crippen molar-refractivity contribution in [1.29, 1.82) is 0 Å². The normalized spacial score (nSPS) is 16.5. The number of hydrogen-bond acceptors (Lipinski definition) is 6. The number of aliphatic hydroxyl groups excluding tert-OH is 1. The molecule has 2 heterocycles. The summed E-state index contributed by atoms with van der Waals surface area (Å²) in [5.41, 5.74) is 0.909. The van der Waals surface area contributed by atoms with Crippen molar-refractivity contribution in [3.8, 4) is 11.5 Å². The largest absolute Gasteiger partial charge is 0.421 e. The van der Waals surface area contributed by atoms with E-state index in [-0.39, 0.29) is 18.4 Å². The molecule has 6 nitrogen and oxygen atoms in total. The predicted octanol–water partition coefficient (Wildman–Crippen LogP) is 3.43. The van der Waals surface area contributed by atoms with Gasteiger partial charge in [-0.25, -0.2) is 0 Å². The molecule has 0 spiro atoms. The van der Waals surface area contributed by atoms with Crippen molar-refractivity contribution >= 4 is 17.2 Å². The Morgan fingerprint density at radius 3 is 2.92 bits per heavy atom. The second-order valence-electron chi connectivity index (χ2n) is 7.11. The Hall–Kier alpha value is -1.73. The van der Waals surface area contributed by atoms with E-state index in [0.717, 1.165) is 12.0 Å². The number of aromatic nitrogens is 2. The van der Waals surface area contributed by atoms with E-state index in [9.17, 15) is 9.90 Å². The fourth-order valence-electron chi connectivity index (χ4n) is 3.54. The number of rotatable bonds is 9. The molecule has 2 N–H and O–H groups in total. The number of aryl methyl sites for hydroxylation is 1. The molecule has 1 saturated carbocycles. The third-order valence-electron chi connectivity index (χ3n) is 5.04. The molecule has 0 saturated heterocycles. The maximum Gasteiger partial charge on any atom is 0.248 e. The first-order valence-electron chi connectivity index (χ1n) is 9.47. The summed E-state index contributed by atoms with van der Waals surface area (Å²) < 4.78 is 5.59. The van der Waals surface area contributed by atoms with Crippen molar-refractivity contribution in [3.63, 3.8) is 0 Å². The van der Waals surface area contributed by atoms with Crippen LogP contribution in [-0.2, 0) is 11.2 Å². The van der Waals surface area contributed by atoms with Crippen LogP contribution in [0, 0.1) is 11.8 Å². The molecular weight excluding hydrogens is 350 g/mol. The van der Waals surface area contributed by atoms with E-state index >= 15 is 0 Å². The maximum atomic E-state index is 12.1. The van der Waals surface area contributed by atoms with E-state index in [4.69, 9.17) is 4.42 Å². The van der Waals surface area contributed by atoms with Gasteiger partial charge < -0.3 is 14.8 Å². The molecule has 2 aromatic heterocycles. The average Bonchev–Trinajstić information content (AvgIpc) is 3.35. The van der Waals surface area contributed by atoms with Crippen LogP contribution in [0.15, 0.2) is 21.2 Å². The second kappa shape index (κ2) is 9.83. The minimum Gasteiger partial charge on any atom is -0.421 e. The average molecular weight is 378 g/mol. The quantitative estimate of drug-likeness (QED) is 0.699. The van der Waals surface area contributed by atoms with E-state index < -0.39 is 0 Å². The highest BCUT2D eigenvalue weighted by Crippen LogP contribution is 2.28. The minimum atomic E-state index is -0.0395. The topological polar surface area (TPSA) is 88.2 Å². The highest BCUT2D eigenvalue weighted by atomic mass is 32.1.